The van der Waals surface area contributed by atoms with Crippen LogP contribution in [0.1, 0.15) is 36.0 Å². The highest BCUT2D eigenvalue weighted by atomic mass is 16.4. The highest BCUT2D eigenvalue weighted by molar-refractivity contribution is 5.68. The highest BCUT2D eigenvalue weighted by Gasteiger charge is 2.30. The Morgan fingerprint density at radius 1 is 1.53 bits per heavy atom. The largest absolute Gasteiger partial charge is 0.481 e. The zero-order valence-corrected chi connectivity index (χ0v) is 9.16. The molecular formula is C13H16O2. The molecule has 2 nitrogen and oxygen atoms in total. The van der Waals surface area contributed by atoms with Crippen molar-refractivity contribution < 1.29 is 9.90 Å². The van der Waals surface area contributed by atoms with Gasteiger partial charge >= 0.3 is 5.97 Å². The first-order valence-electron chi connectivity index (χ1n) is 5.39. The molecule has 0 spiro atoms. The van der Waals surface area contributed by atoms with Crippen LogP contribution in [0.2, 0.25) is 0 Å². The van der Waals surface area contributed by atoms with Crippen LogP contribution in [0, 0.1) is 12.8 Å². The first-order chi connectivity index (χ1) is 7.08. The predicted molar refractivity (Wildman–Crippen MR) is 59.0 cm³/mol. The third-order valence-corrected chi connectivity index (χ3v) is 3.32. The zero-order chi connectivity index (χ0) is 11.0. The summed E-state index contributed by atoms with van der Waals surface area (Å²) in [6, 6.07) is 6.36. The normalized spacial score (nSPS) is 23.9. The Morgan fingerprint density at radius 2 is 2.27 bits per heavy atom. The minimum absolute atomic E-state index is 0.207. The lowest BCUT2D eigenvalue weighted by Crippen LogP contribution is -2.09. The van der Waals surface area contributed by atoms with Crippen LogP contribution in [-0.2, 0) is 11.2 Å². The van der Waals surface area contributed by atoms with Crippen LogP contribution in [0.3, 0.4) is 0 Å². The molecule has 2 heteroatoms. The second-order valence-electron chi connectivity index (χ2n) is 4.59. The second kappa shape index (κ2) is 3.69. The van der Waals surface area contributed by atoms with E-state index in [4.69, 9.17) is 5.11 Å². The van der Waals surface area contributed by atoms with Crippen LogP contribution < -0.4 is 0 Å². The minimum Gasteiger partial charge on any atom is -0.481 e. The maximum atomic E-state index is 10.8. The van der Waals surface area contributed by atoms with Gasteiger partial charge in [0, 0.05) is 0 Å². The van der Waals surface area contributed by atoms with E-state index in [2.05, 4.69) is 32.0 Å². The molecule has 80 valence electrons. The van der Waals surface area contributed by atoms with Crippen molar-refractivity contribution in [2.24, 2.45) is 5.92 Å². The van der Waals surface area contributed by atoms with Crippen LogP contribution >= 0.6 is 0 Å². The summed E-state index contributed by atoms with van der Waals surface area (Å²) in [7, 11) is 0. The van der Waals surface area contributed by atoms with Crippen molar-refractivity contribution in [3.63, 3.8) is 0 Å². The Hall–Kier alpha value is -1.31. The molecule has 2 unspecified atom stereocenters. The molecule has 15 heavy (non-hydrogen) atoms. The van der Waals surface area contributed by atoms with Crippen LogP contribution in [0.5, 0.6) is 0 Å². The van der Waals surface area contributed by atoms with Crippen molar-refractivity contribution in [3.8, 4) is 0 Å². The van der Waals surface area contributed by atoms with Gasteiger partial charge in [-0.2, -0.15) is 0 Å². The molecule has 0 saturated carbocycles. The number of aryl methyl sites for hydroxylation is 1. The number of carboxylic acids is 1. The third kappa shape index (κ3) is 1.89. The molecule has 1 N–H and O–H groups in total. The molecule has 0 saturated heterocycles. The van der Waals surface area contributed by atoms with E-state index in [1.54, 1.807) is 0 Å². The van der Waals surface area contributed by atoms with Gasteiger partial charge in [-0.1, -0.05) is 30.7 Å². The number of hydrogen-bond donors (Lipinski definition) is 1. The van der Waals surface area contributed by atoms with Crippen molar-refractivity contribution in [2.45, 2.75) is 32.6 Å². The fourth-order valence-electron chi connectivity index (χ4n) is 2.57. The van der Waals surface area contributed by atoms with Gasteiger partial charge in [0.2, 0.25) is 0 Å². The average Bonchev–Trinajstić information content (AvgIpc) is 2.41. The van der Waals surface area contributed by atoms with E-state index in [9.17, 15) is 4.79 Å². The average molecular weight is 204 g/mol. The number of benzene rings is 1. The summed E-state index contributed by atoms with van der Waals surface area (Å²) < 4.78 is 0. The Kier molecular flexibility index (Phi) is 2.51. The summed E-state index contributed by atoms with van der Waals surface area (Å²) in [4.78, 5) is 10.8. The molecule has 0 fully saturated rings. The zero-order valence-electron chi connectivity index (χ0n) is 9.16. The van der Waals surface area contributed by atoms with Gasteiger partial charge in [-0.3, -0.25) is 4.79 Å². The SMILES string of the molecule is Cc1ccc2c(c1)CC(C)C2CC(=O)O. The maximum absolute atomic E-state index is 10.8. The Morgan fingerprint density at radius 3 is 2.93 bits per heavy atom. The summed E-state index contributed by atoms with van der Waals surface area (Å²) >= 11 is 0. The van der Waals surface area contributed by atoms with Crippen molar-refractivity contribution >= 4 is 5.97 Å². The molecule has 0 bridgehead atoms. The van der Waals surface area contributed by atoms with Crippen molar-refractivity contribution in [1.82, 2.24) is 0 Å². The number of hydrogen-bond acceptors (Lipinski definition) is 1. The fourth-order valence-corrected chi connectivity index (χ4v) is 2.57. The summed E-state index contributed by atoms with van der Waals surface area (Å²) in [5.41, 5.74) is 3.85. The quantitative estimate of drug-likeness (QED) is 0.804. The summed E-state index contributed by atoms with van der Waals surface area (Å²) in [6.07, 6.45) is 1.28. The Bertz CT molecular complexity index is 396. The van der Waals surface area contributed by atoms with Crippen LogP contribution in [0.15, 0.2) is 18.2 Å². The van der Waals surface area contributed by atoms with Crippen LogP contribution in [0.25, 0.3) is 0 Å². The van der Waals surface area contributed by atoms with E-state index in [-0.39, 0.29) is 12.3 Å². The lowest BCUT2D eigenvalue weighted by Gasteiger charge is -2.13. The monoisotopic (exact) mass is 204 g/mol. The molecule has 0 heterocycles. The first-order valence-corrected chi connectivity index (χ1v) is 5.39. The molecule has 0 radical (unpaired) electrons. The van der Waals surface area contributed by atoms with Gasteiger partial charge in [-0.15, -0.1) is 0 Å². The molecule has 2 atom stereocenters. The lowest BCUT2D eigenvalue weighted by molar-refractivity contribution is -0.137. The standard InChI is InChI=1S/C13H16O2/c1-8-3-4-11-10(5-8)6-9(2)12(11)7-13(14)15/h3-5,9,12H,6-7H2,1-2H3,(H,14,15). The second-order valence-corrected chi connectivity index (χ2v) is 4.59. The summed E-state index contributed by atoms with van der Waals surface area (Å²) in [5, 5.41) is 8.87. The summed E-state index contributed by atoms with van der Waals surface area (Å²) in [5.74, 6) is -0.0312. The molecule has 2 rings (SSSR count). The maximum Gasteiger partial charge on any atom is 0.303 e. The van der Waals surface area contributed by atoms with Gasteiger partial charge in [0.05, 0.1) is 6.42 Å². The number of aliphatic carboxylic acids is 1. The smallest absolute Gasteiger partial charge is 0.303 e. The van der Waals surface area contributed by atoms with Gasteiger partial charge in [-0.05, 0) is 36.3 Å². The lowest BCUT2D eigenvalue weighted by atomic mass is 9.91. The van der Waals surface area contributed by atoms with Crippen molar-refractivity contribution in [3.05, 3.63) is 34.9 Å². The van der Waals surface area contributed by atoms with E-state index >= 15 is 0 Å². The van der Waals surface area contributed by atoms with Crippen LogP contribution in [0.4, 0.5) is 0 Å². The first kappa shape index (κ1) is 10.2. The third-order valence-electron chi connectivity index (χ3n) is 3.32. The number of fused-ring (bicyclic) bond motifs is 1. The highest BCUT2D eigenvalue weighted by Crippen LogP contribution is 2.40. The van der Waals surface area contributed by atoms with Gasteiger partial charge in [-0.25, -0.2) is 0 Å². The van der Waals surface area contributed by atoms with Crippen LogP contribution in [-0.4, -0.2) is 11.1 Å². The Balaban J connectivity index is 2.33. The van der Waals surface area contributed by atoms with Gasteiger partial charge in [0.25, 0.3) is 0 Å². The Labute approximate surface area is 89.9 Å². The summed E-state index contributed by atoms with van der Waals surface area (Å²) in [6.45, 7) is 4.22. The molecule has 0 aromatic heterocycles. The molecule has 0 amide bonds. The van der Waals surface area contributed by atoms with E-state index < -0.39 is 5.97 Å². The number of carboxylic acid groups (broad SMARTS) is 1. The van der Waals surface area contributed by atoms with E-state index in [0.717, 1.165) is 6.42 Å². The van der Waals surface area contributed by atoms with Gasteiger partial charge in [0.1, 0.15) is 0 Å². The van der Waals surface area contributed by atoms with Gasteiger partial charge in [0.15, 0.2) is 0 Å². The van der Waals surface area contributed by atoms with Crippen molar-refractivity contribution in [2.75, 3.05) is 0 Å². The predicted octanol–water partition coefficient (Wildman–Crippen LogP) is 2.75. The van der Waals surface area contributed by atoms with E-state index in [1.807, 2.05) is 0 Å². The molecule has 1 aliphatic rings. The van der Waals surface area contributed by atoms with Crippen molar-refractivity contribution in [1.29, 1.82) is 0 Å². The fraction of sp³-hybridized carbons (Fsp3) is 0.462. The topological polar surface area (TPSA) is 37.3 Å². The van der Waals surface area contributed by atoms with E-state index in [1.165, 1.54) is 16.7 Å². The molecule has 1 aliphatic carbocycles. The van der Waals surface area contributed by atoms with Gasteiger partial charge < -0.3 is 5.11 Å². The molecular weight excluding hydrogens is 188 g/mol. The molecule has 1 aromatic rings. The van der Waals surface area contributed by atoms with E-state index in [0.29, 0.717) is 5.92 Å². The molecule has 0 aliphatic heterocycles. The minimum atomic E-state index is -0.694. The number of rotatable bonds is 2. The molecule has 1 aromatic carbocycles. The number of carbonyl (C=O) groups is 1.